The van der Waals surface area contributed by atoms with Gasteiger partial charge in [-0.05, 0) is 42.5 Å². The summed E-state index contributed by atoms with van der Waals surface area (Å²) >= 11 is 31.6. The van der Waals surface area contributed by atoms with Crippen molar-refractivity contribution in [1.29, 1.82) is 0 Å². The minimum Gasteiger partial charge on any atom is -0.345 e. The zero-order chi connectivity index (χ0) is 21.4. The summed E-state index contributed by atoms with van der Waals surface area (Å²) in [5.74, 6) is -0.0726. The summed E-state index contributed by atoms with van der Waals surface area (Å²) in [6.07, 6.45) is 0. The first kappa shape index (κ1) is 21.9. The van der Waals surface area contributed by atoms with Gasteiger partial charge in [-0.1, -0.05) is 52.5 Å². The van der Waals surface area contributed by atoms with Gasteiger partial charge in [0.05, 0.1) is 15.7 Å². The van der Waals surface area contributed by atoms with Crippen LogP contribution in [0, 0.1) is 0 Å². The van der Waals surface area contributed by atoms with Gasteiger partial charge in [-0.3, -0.25) is 4.79 Å². The number of carbonyl (C=O) groups is 1. The Morgan fingerprint density at radius 3 is 2.27 bits per heavy atom. The first-order chi connectivity index (χ1) is 14.3. The molecule has 2 heterocycles. The van der Waals surface area contributed by atoms with Gasteiger partial charge in [0, 0.05) is 46.3 Å². The molecule has 4 rings (SSSR count). The third-order valence-electron chi connectivity index (χ3n) is 4.81. The van der Waals surface area contributed by atoms with E-state index in [4.69, 9.17) is 58.6 Å². The van der Waals surface area contributed by atoms with Crippen LogP contribution in [-0.2, 0) is 0 Å². The van der Waals surface area contributed by atoms with Crippen molar-refractivity contribution in [2.45, 2.75) is 0 Å². The molecule has 1 fully saturated rings. The predicted octanol–water partition coefficient (Wildman–Crippen LogP) is 6.67. The molecule has 0 bridgehead atoms. The Kier molecular flexibility index (Phi) is 6.63. The van der Waals surface area contributed by atoms with Gasteiger partial charge in [0.2, 0.25) is 0 Å². The number of thiophene rings is 1. The summed E-state index contributed by atoms with van der Waals surface area (Å²) in [7, 11) is 0. The average molecular weight is 519 g/mol. The molecule has 0 atom stereocenters. The van der Waals surface area contributed by atoms with Crippen molar-refractivity contribution in [3.05, 3.63) is 61.4 Å². The number of hydrogen-bond acceptors (Lipinski definition) is 3. The molecule has 1 aliphatic heterocycles. The molecule has 10 heteroatoms. The first-order valence-corrected chi connectivity index (χ1v) is 11.7. The molecule has 1 N–H and O–H groups in total. The molecule has 0 spiro atoms. The third-order valence-corrected chi connectivity index (χ3v) is 7.60. The van der Waals surface area contributed by atoms with Crippen LogP contribution in [0.1, 0.15) is 9.67 Å². The van der Waals surface area contributed by atoms with E-state index in [2.05, 4.69) is 5.32 Å². The number of thiocarbonyl (C=S) groups is 1. The second kappa shape index (κ2) is 9.07. The average Bonchev–Trinajstić information content (AvgIpc) is 3.05. The van der Waals surface area contributed by atoms with E-state index < -0.39 is 0 Å². The highest BCUT2D eigenvalue weighted by Gasteiger charge is 2.27. The van der Waals surface area contributed by atoms with Crippen LogP contribution in [0.4, 0.5) is 5.69 Å². The summed E-state index contributed by atoms with van der Waals surface area (Å²) in [5.41, 5.74) is 0.695. The lowest BCUT2D eigenvalue weighted by atomic mass is 10.2. The van der Waals surface area contributed by atoms with E-state index in [0.717, 1.165) is 10.1 Å². The highest BCUT2D eigenvalue weighted by Crippen LogP contribution is 2.37. The van der Waals surface area contributed by atoms with Crippen molar-refractivity contribution >= 4 is 96.8 Å². The van der Waals surface area contributed by atoms with Gasteiger partial charge in [-0.2, -0.15) is 0 Å². The monoisotopic (exact) mass is 517 g/mol. The Hall–Kier alpha value is -1.28. The van der Waals surface area contributed by atoms with E-state index in [1.165, 1.54) is 11.3 Å². The smallest absolute Gasteiger partial charge is 0.265 e. The summed E-state index contributed by atoms with van der Waals surface area (Å²) < 4.78 is 0.903. The number of piperazine rings is 1. The molecule has 1 aliphatic rings. The van der Waals surface area contributed by atoms with E-state index in [1.807, 2.05) is 17.0 Å². The molecule has 1 amide bonds. The molecule has 2 aromatic carbocycles. The van der Waals surface area contributed by atoms with Crippen molar-refractivity contribution in [2.24, 2.45) is 0 Å². The second-order valence-corrected chi connectivity index (χ2v) is 9.82. The Morgan fingerprint density at radius 2 is 1.57 bits per heavy atom. The van der Waals surface area contributed by atoms with E-state index in [-0.39, 0.29) is 5.91 Å². The number of nitrogens with one attached hydrogen (secondary N) is 1. The number of rotatable bonds is 2. The maximum atomic E-state index is 13.0. The lowest BCUT2D eigenvalue weighted by molar-refractivity contribution is 0.0698. The van der Waals surface area contributed by atoms with Crippen molar-refractivity contribution in [3.8, 4) is 0 Å². The van der Waals surface area contributed by atoms with Crippen LogP contribution in [0.2, 0.25) is 20.1 Å². The standard InChI is InChI=1S/C20H15Cl4N3OS2/c21-11-2-4-15(14(23)9-11)25-20(29)27-7-5-26(6-8-27)19(28)18-17(24)13-3-1-12(22)10-16(13)30-18/h1-4,9-10H,5-8H2,(H,25,29). The lowest BCUT2D eigenvalue weighted by Gasteiger charge is -2.36. The number of benzene rings is 2. The van der Waals surface area contributed by atoms with Gasteiger partial charge in [-0.25, -0.2) is 0 Å². The van der Waals surface area contributed by atoms with Crippen LogP contribution in [0.25, 0.3) is 10.1 Å². The van der Waals surface area contributed by atoms with Gasteiger partial charge in [0.15, 0.2) is 5.11 Å². The molecular weight excluding hydrogens is 504 g/mol. The molecule has 0 aliphatic carbocycles. The maximum Gasteiger partial charge on any atom is 0.265 e. The quantitative estimate of drug-likeness (QED) is 0.384. The number of anilines is 1. The number of carbonyl (C=O) groups excluding carboxylic acids is 1. The van der Waals surface area contributed by atoms with Crippen molar-refractivity contribution in [1.82, 2.24) is 9.80 Å². The first-order valence-electron chi connectivity index (χ1n) is 9.01. The Balaban J connectivity index is 1.41. The van der Waals surface area contributed by atoms with Crippen LogP contribution in [0.5, 0.6) is 0 Å². The van der Waals surface area contributed by atoms with E-state index in [0.29, 0.717) is 61.9 Å². The van der Waals surface area contributed by atoms with E-state index in [1.54, 1.807) is 29.2 Å². The van der Waals surface area contributed by atoms with E-state index in [9.17, 15) is 4.79 Å². The molecular formula is C20H15Cl4N3OS2. The van der Waals surface area contributed by atoms with Crippen LogP contribution in [0.15, 0.2) is 36.4 Å². The van der Waals surface area contributed by atoms with Crippen molar-refractivity contribution in [3.63, 3.8) is 0 Å². The van der Waals surface area contributed by atoms with Crippen LogP contribution < -0.4 is 5.32 Å². The van der Waals surface area contributed by atoms with Gasteiger partial charge < -0.3 is 15.1 Å². The normalized spacial score (nSPS) is 14.3. The SMILES string of the molecule is O=C(c1sc2cc(Cl)ccc2c1Cl)N1CCN(C(=S)Nc2ccc(Cl)cc2Cl)CC1. The molecule has 30 heavy (non-hydrogen) atoms. The summed E-state index contributed by atoms with van der Waals surface area (Å²) in [5, 5.41) is 6.71. The van der Waals surface area contributed by atoms with Crippen molar-refractivity contribution in [2.75, 3.05) is 31.5 Å². The molecule has 0 saturated carbocycles. The molecule has 4 nitrogen and oxygen atoms in total. The van der Waals surface area contributed by atoms with E-state index >= 15 is 0 Å². The zero-order valence-electron chi connectivity index (χ0n) is 15.4. The topological polar surface area (TPSA) is 35.6 Å². The molecule has 3 aromatic rings. The minimum absolute atomic E-state index is 0.0726. The summed E-state index contributed by atoms with van der Waals surface area (Å²) in [6.45, 7) is 2.30. The second-order valence-electron chi connectivity index (χ2n) is 6.72. The summed E-state index contributed by atoms with van der Waals surface area (Å²) in [6, 6.07) is 10.6. The molecule has 0 unspecified atom stereocenters. The fourth-order valence-electron chi connectivity index (χ4n) is 3.22. The number of amides is 1. The number of hydrogen-bond donors (Lipinski definition) is 1. The van der Waals surface area contributed by atoms with Crippen molar-refractivity contribution < 1.29 is 4.79 Å². The van der Waals surface area contributed by atoms with Crippen LogP contribution in [-0.4, -0.2) is 47.0 Å². The summed E-state index contributed by atoms with van der Waals surface area (Å²) in [4.78, 5) is 17.4. The molecule has 1 saturated heterocycles. The molecule has 156 valence electrons. The third kappa shape index (κ3) is 4.49. The fourth-order valence-corrected chi connectivity index (χ4v) is 5.72. The minimum atomic E-state index is -0.0726. The van der Waals surface area contributed by atoms with Gasteiger partial charge in [-0.15, -0.1) is 11.3 Å². The highest BCUT2D eigenvalue weighted by atomic mass is 35.5. The van der Waals surface area contributed by atoms with Gasteiger partial charge in [0.1, 0.15) is 4.88 Å². The number of nitrogens with zero attached hydrogens (tertiary/aromatic N) is 2. The zero-order valence-corrected chi connectivity index (χ0v) is 20.1. The predicted molar refractivity (Wildman–Crippen MR) is 132 cm³/mol. The van der Waals surface area contributed by atoms with Crippen LogP contribution >= 0.6 is 70.0 Å². The number of fused-ring (bicyclic) bond motifs is 1. The Morgan fingerprint density at radius 1 is 0.933 bits per heavy atom. The maximum absolute atomic E-state index is 13.0. The van der Waals surface area contributed by atoms with Crippen LogP contribution in [0.3, 0.4) is 0 Å². The van der Waals surface area contributed by atoms with Gasteiger partial charge in [0.25, 0.3) is 5.91 Å². The highest BCUT2D eigenvalue weighted by molar-refractivity contribution is 7.80. The fraction of sp³-hybridized carbons (Fsp3) is 0.200. The lowest BCUT2D eigenvalue weighted by Crippen LogP contribution is -2.51. The Labute approximate surface area is 203 Å². The molecule has 1 aromatic heterocycles. The van der Waals surface area contributed by atoms with Gasteiger partial charge >= 0.3 is 0 Å². The largest absolute Gasteiger partial charge is 0.345 e. The molecule has 0 radical (unpaired) electrons. The Bertz CT molecular complexity index is 1140. The number of halogens is 4.